The van der Waals surface area contributed by atoms with Crippen LogP contribution in [0.25, 0.3) is 0 Å². The van der Waals surface area contributed by atoms with E-state index >= 15 is 0 Å². The summed E-state index contributed by atoms with van der Waals surface area (Å²) < 4.78 is 30.3. The molecule has 1 aromatic carbocycles. The molecule has 2 rings (SSSR count). The van der Waals surface area contributed by atoms with Gasteiger partial charge in [0, 0.05) is 18.0 Å². The van der Waals surface area contributed by atoms with E-state index in [9.17, 15) is 13.2 Å². The molecule has 1 amide bonds. The van der Waals surface area contributed by atoms with Gasteiger partial charge in [0.05, 0.1) is 23.8 Å². The minimum absolute atomic E-state index is 0.137. The molecular weight excluding hydrogens is 384 g/mol. The second kappa shape index (κ2) is 9.98. The topological polar surface area (TPSA) is 84.5 Å². The molecule has 6 nitrogen and oxygen atoms in total. The first-order chi connectivity index (χ1) is 12.7. The number of benzene rings is 1. The molecule has 0 fully saturated rings. The molecule has 0 aliphatic rings. The van der Waals surface area contributed by atoms with Gasteiger partial charge in [0.2, 0.25) is 10.0 Å². The van der Waals surface area contributed by atoms with E-state index in [1.807, 2.05) is 44.2 Å². The van der Waals surface area contributed by atoms with Crippen LogP contribution in [0.15, 0.2) is 36.4 Å². The Hall–Kier alpha value is -1.74. The lowest BCUT2D eigenvalue weighted by molar-refractivity contribution is 0.0651. The predicted octanol–water partition coefficient (Wildman–Crippen LogP) is 2.69. The highest BCUT2D eigenvalue weighted by Gasteiger charge is 2.11. The lowest BCUT2D eigenvalue weighted by Crippen LogP contribution is -2.24. The third-order valence-corrected chi connectivity index (χ3v) is 5.62. The van der Waals surface area contributed by atoms with Gasteiger partial charge in [0.15, 0.2) is 0 Å². The number of amides is 1. The predicted molar refractivity (Wildman–Crippen MR) is 108 cm³/mol. The van der Waals surface area contributed by atoms with Crippen LogP contribution in [0.5, 0.6) is 0 Å². The van der Waals surface area contributed by atoms with Gasteiger partial charge in [-0.15, -0.1) is 11.3 Å². The van der Waals surface area contributed by atoms with E-state index in [2.05, 4.69) is 10.0 Å². The van der Waals surface area contributed by atoms with Crippen LogP contribution in [0.2, 0.25) is 0 Å². The number of thiophene rings is 1. The van der Waals surface area contributed by atoms with Crippen molar-refractivity contribution >= 4 is 27.3 Å². The van der Waals surface area contributed by atoms with Gasteiger partial charge in [-0.1, -0.05) is 24.3 Å². The van der Waals surface area contributed by atoms with Crippen LogP contribution < -0.4 is 10.0 Å². The summed E-state index contributed by atoms with van der Waals surface area (Å²) in [7, 11) is -3.19. The lowest BCUT2D eigenvalue weighted by atomic mass is 10.1. The summed E-state index contributed by atoms with van der Waals surface area (Å²) in [5, 5.41) is 2.94. The molecule has 0 saturated carbocycles. The summed E-state index contributed by atoms with van der Waals surface area (Å²) >= 11 is 1.37. The lowest BCUT2D eigenvalue weighted by Gasteiger charge is -2.12. The van der Waals surface area contributed by atoms with E-state index in [0.717, 1.165) is 22.3 Å². The molecule has 2 aromatic rings. The summed E-state index contributed by atoms with van der Waals surface area (Å²) in [6, 6.07) is 11.5. The monoisotopic (exact) mass is 410 g/mol. The Morgan fingerprint density at radius 2 is 1.85 bits per heavy atom. The van der Waals surface area contributed by atoms with Gasteiger partial charge in [-0.3, -0.25) is 4.79 Å². The van der Waals surface area contributed by atoms with E-state index in [4.69, 9.17) is 4.74 Å². The molecule has 148 valence electrons. The summed E-state index contributed by atoms with van der Waals surface area (Å²) in [5.41, 5.74) is 2.09. The second-order valence-corrected chi connectivity index (χ2v) is 9.49. The first-order valence-electron chi connectivity index (χ1n) is 8.74. The standard InChI is InChI=1S/C19H26N2O4S2/c1-14(2)25-13-16-7-5-4-6-15(16)12-20-19(22)18-9-8-17(26-18)10-11-21-27(3,23)24/h4-9,14,21H,10-13H2,1-3H3,(H,20,22). The van der Waals surface area contributed by atoms with E-state index < -0.39 is 10.0 Å². The van der Waals surface area contributed by atoms with Crippen molar-refractivity contribution < 1.29 is 17.9 Å². The van der Waals surface area contributed by atoms with Gasteiger partial charge < -0.3 is 10.1 Å². The van der Waals surface area contributed by atoms with E-state index in [1.165, 1.54) is 11.3 Å². The number of rotatable bonds is 10. The zero-order valence-corrected chi connectivity index (χ0v) is 17.5. The summed E-state index contributed by atoms with van der Waals surface area (Å²) in [6.07, 6.45) is 1.83. The smallest absolute Gasteiger partial charge is 0.261 e. The highest BCUT2D eigenvalue weighted by Crippen LogP contribution is 2.17. The SMILES string of the molecule is CC(C)OCc1ccccc1CNC(=O)c1ccc(CCNS(C)(=O)=O)s1. The van der Waals surface area contributed by atoms with Gasteiger partial charge in [0.1, 0.15) is 0 Å². The van der Waals surface area contributed by atoms with Crippen LogP contribution >= 0.6 is 11.3 Å². The van der Waals surface area contributed by atoms with Gasteiger partial charge in [-0.05, 0) is 43.5 Å². The number of carbonyl (C=O) groups excluding carboxylic acids is 1. The van der Waals surface area contributed by atoms with Gasteiger partial charge in [0.25, 0.3) is 5.91 Å². The van der Waals surface area contributed by atoms with E-state index in [-0.39, 0.29) is 12.0 Å². The van der Waals surface area contributed by atoms with Gasteiger partial charge >= 0.3 is 0 Å². The number of hydrogen-bond donors (Lipinski definition) is 2. The molecule has 1 heterocycles. The number of hydrogen-bond acceptors (Lipinski definition) is 5. The zero-order valence-electron chi connectivity index (χ0n) is 15.8. The molecule has 27 heavy (non-hydrogen) atoms. The highest BCUT2D eigenvalue weighted by atomic mass is 32.2. The average Bonchev–Trinajstić information content (AvgIpc) is 3.06. The fourth-order valence-corrected chi connectivity index (χ4v) is 3.78. The summed E-state index contributed by atoms with van der Waals surface area (Å²) in [4.78, 5) is 14.0. The maximum Gasteiger partial charge on any atom is 0.261 e. The average molecular weight is 411 g/mol. The molecule has 0 unspecified atom stereocenters. The first kappa shape index (κ1) is 21.6. The van der Waals surface area contributed by atoms with Crippen molar-refractivity contribution in [2.75, 3.05) is 12.8 Å². The second-order valence-electron chi connectivity index (χ2n) is 6.49. The number of carbonyl (C=O) groups is 1. The van der Waals surface area contributed by atoms with Gasteiger partial charge in [-0.25, -0.2) is 13.1 Å². The van der Waals surface area contributed by atoms with E-state index in [0.29, 0.717) is 31.0 Å². The molecule has 8 heteroatoms. The van der Waals surface area contributed by atoms with Crippen molar-refractivity contribution in [3.05, 3.63) is 57.3 Å². The number of ether oxygens (including phenoxy) is 1. The van der Waals surface area contributed by atoms with Crippen molar-refractivity contribution in [3.63, 3.8) is 0 Å². The quantitative estimate of drug-likeness (QED) is 0.631. The molecule has 0 spiro atoms. The Balaban J connectivity index is 1.89. The largest absolute Gasteiger partial charge is 0.374 e. The fourth-order valence-electron chi connectivity index (χ4n) is 2.38. The molecule has 0 bridgehead atoms. The van der Waals surface area contributed by atoms with Crippen molar-refractivity contribution in [3.8, 4) is 0 Å². The fraction of sp³-hybridized carbons (Fsp3) is 0.421. The Bertz CT molecular complexity index is 860. The van der Waals surface area contributed by atoms with Crippen LogP contribution in [0.1, 0.15) is 39.5 Å². The third-order valence-electron chi connectivity index (χ3n) is 3.75. The van der Waals surface area contributed by atoms with Crippen molar-refractivity contribution in [1.82, 2.24) is 10.0 Å². The maximum absolute atomic E-state index is 12.4. The zero-order chi connectivity index (χ0) is 19.9. The normalized spacial score (nSPS) is 11.7. The minimum Gasteiger partial charge on any atom is -0.374 e. The Morgan fingerprint density at radius 1 is 1.15 bits per heavy atom. The molecule has 0 radical (unpaired) electrons. The van der Waals surface area contributed by atoms with Crippen molar-refractivity contribution in [1.29, 1.82) is 0 Å². The third kappa shape index (κ3) is 7.80. The van der Waals surface area contributed by atoms with Crippen LogP contribution in [0.3, 0.4) is 0 Å². The molecule has 1 aromatic heterocycles. The molecule has 0 saturated heterocycles. The molecule has 2 N–H and O–H groups in total. The summed E-state index contributed by atoms with van der Waals surface area (Å²) in [6.45, 7) is 5.25. The minimum atomic E-state index is -3.19. The Morgan fingerprint density at radius 3 is 2.52 bits per heavy atom. The molecule has 0 aliphatic heterocycles. The van der Waals surface area contributed by atoms with Crippen molar-refractivity contribution in [2.24, 2.45) is 0 Å². The first-order valence-corrected chi connectivity index (χ1v) is 11.5. The van der Waals surface area contributed by atoms with Crippen LogP contribution in [-0.2, 0) is 34.3 Å². The molecule has 0 aliphatic carbocycles. The Kier molecular flexibility index (Phi) is 7.97. The highest BCUT2D eigenvalue weighted by molar-refractivity contribution is 7.88. The van der Waals surface area contributed by atoms with Crippen molar-refractivity contribution in [2.45, 2.75) is 39.5 Å². The molecule has 0 atom stereocenters. The number of nitrogens with one attached hydrogen (secondary N) is 2. The van der Waals surface area contributed by atoms with Gasteiger partial charge in [-0.2, -0.15) is 0 Å². The summed E-state index contributed by atoms with van der Waals surface area (Å²) in [5.74, 6) is -0.137. The molecular formula is C19H26N2O4S2. The maximum atomic E-state index is 12.4. The number of sulfonamides is 1. The van der Waals surface area contributed by atoms with Crippen LogP contribution in [0.4, 0.5) is 0 Å². The van der Waals surface area contributed by atoms with Crippen LogP contribution in [-0.4, -0.2) is 33.2 Å². The Labute approximate surface area is 165 Å². The van der Waals surface area contributed by atoms with E-state index in [1.54, 1.807) is 6.07 Å². The van der Waals surface area contributed by atoms with Crippen LogP contribution in [0, 0.1) is 0 Å².